The first-order chi connectivity index (χ1) is 25.0. The number of fused-ring (bicyclic) bond motifs is 2. The first-order valence-corrected chi connectivity index (χ1v) is 19.0. The zero-order chi connectivity index (χ0) is 36.1. The van der Waals surface area contributed by atoms with E-state index in [2.05, 4.69) is 50.3 Å². The summed E-state index contributed by atoms with van der Waals surface area (Å²) < 4.78 is 17.7. The average Bonchev–Trinajstić information content (AvgIpc) is 3.65. The molecule has 8 atom stereocenters. The van der Waals surface area contributed by atoms with E-state index >= 15 is 4.79 Å². The standard InChI is InChI=1S/C45H49NO6/c1-41-19-16-31(47)25-43(41)22-23-45(35(26-43)39(48)34-13-9-8-12-33(34)29-10-6-5-7-11-29)37(41)17-20-42(2)38(45)18-21-44(42)28-46(40(49)52-44)27-30-14-15-32(50-3)24-36(30)51-4/h5-15,22-24,26,31,37-38,47H,16-21,25,27-28H2,1-4H3. The Hall–Kier alpha value is -4.36. The van der Waals surface area contributed by atoms with Crippen LogP contribution in [0.4, 0.5) is 4.79 Å². The summed E-state index contributed by atoms with van der Waals surface area (Å²) in [4.78, 5) is 31.1. The zero-order valence-corrected chi connectivity index (χ0v) is 30.7. The Morgan fingerprint density at radius 2 is 1.62 bits per heavy atom. The van der Waals surface area contributed by atoms with Crippen molar-refractivity contribution < 1.29 is 28.9 Å². The van der Waals surface area contributed by atoms with E-state index in [0.29, 0.717) is 31.0 Å². The van der Waals surface area contributed by atoms with Crippen molar-refractivity contribution in [2.75, 3.05) is 20.8 Å². The number of benzene rings is 3. The molecule has 3 aromatic rings. The number of rotatable bonds is 7. The van der Waals surface area contributed by atoms with Crippen LogP contribution < -0.4 is 9.47 Å². The van der Waals surface area contributed by atoms with Crippen molar-refractivity contribution in [3.05, 3.63) is 108 Å². The Balaban J connectivity index is 1.13. The quantitative estimate of drug-likeness (QED) is 0.196. The van der Waals surface area contributed by atoms with Gasteiger partial charge >= 0.3 is 6.09 Å². The maximum Gasteiger partial charge on any atom is 0.410 e. The van der Waals surface area contributed by atoms with Crippen LogP contribution in [0.3, 0.4) is 0 Å². The number of amides is 1. The van der Waals surface area contributed by atoms with Crippen LogP contribution in [0.15, 0.2) is 96.6 Å². The fourth-order valence-electron chi connectivity index (χ4n) is 12.4. The predicted molar refractivity (Wildman–Crippen MR) is 199 cm³/mol. The van der Waals surface area contributed by atoms with E-state index < -0.39 is 17.1 Å². The Kier molecular flexibility index (Phi) is 7.45. The molecule has 0 radical (unpaired) electrons. The van der Waals surface area contributed by atoms with Crippen molar-refractivity contribution >= 4 is 11.9 Å². The molecule has 1 amide bonds. The highest BCUT2D eigenvalue weighted by atomic mass is 16.6. The molecule has 1 aliphatic heterocycles. The van der Waals surface area contributed by atoms with E-state index in [0.717, 1.165) is 66.4 Å². The van der Waals surface area contributed by atoms with Gasteiger partial charge in [0.15, 0.2) is 5.78 Å². The summed E-state index contributed by atoms with van der Waals surface area (Å²) in [6.07, 6.45) is 12.2. The van der Waals surface area contributed by atoms with Crippen molar-refractivity contribution in [1.29, 1.82) is 0 Å². The molecule has 6 aliphatic carbocycles. The molecule has 1 saturated heterocycles. The maximum absolute atomic E-state index is 15.4. The van der Waals surface area contributed by atoms with Gasteiger partial charge < -0.3 is 19.3 Å². The van der Waals surface area contributed by atoms with Crippen LogP contribution in [0.1, 0.15) is 74.7 Å². The number of allylic oxidation sites excluding steroid dienone is 4. The lowest BCUT2D eigenvalue weighted by atomic mass is 9.32. The molecular formula is C45H49NO6. The number of hydrogen-bond donors (Lipinski definition) is 1. The smallest absolute Gasteiger partial charge is 0.410 e. The van der Waals surface area contributed by atoms with Crippen LogP contribution in [0.5, 0.6) is 11.5 Å². The first kappa shape index (κ1) is 33.5. The Labute approximate surface area is 306 Å². The average molecular weight is 700 g/mol. The summed E-state index contributed by atoms with van der Waals surface area (Å²) in [7, 11) is 3.26. The lowest BCUT2D eigenvalue weighted by Crippen LogP contribution is -2.67. The van der Waals surface area contributed by atoms with E-state index in [1.807, 2.05) is 59.5 Å². The highest BCUT2D eigenvalue weighted by Crippen LogP contribution is 2.79. The fourth-order valence-corrected chi connectivity index (χ4v) is 12.4. The second kappa shape index (κ2) is 11.6. The van der Waals surface area contributed by atoms with Gasteiger partial charge in [0.05, 0.1) is 33.4 Å². The largest absolute Gasteiger partial charge is 0.497 e. The first-order valence-electron chi connectivity index (χ1n) is 19.0. The molecule has 52 heavy (non-hydrogen) atoms. The summed E-state index contributed by atoms with van der Waals surface area (Å²) in [5, 5.41) is 11.1. The summed E-state index contributed by atoms with van der Waals surface area (Å²) >= 11 is 0. The van der Waals surface area contributed by atoms with Gasteiger partial charge in [0, 0.05) is 39.0 Å². The normalized spacial score (nSPS) is 36.9. The molecule has 3 spiro atoms. The molecule has 8 unspecified atom stereocenters. The Morgan fingerprint density at radius 3 is 2.40 bits per heavy atom. The van der Waals surface area contributed by atoms with Gasteiger partial charge in [-0.15, -0.1) is 0 Å². The molecule has 270 valence electrons. The van der Waals surface area contributed by atoms with Gasteiger partial charge in [0.2, 0.25) is 0 Å². The molecule has 10 rings (SSSR count). The molecule has 7 nitrogen and oxygen atoms in total. The van der Waals surface area contributed by atoms with Crippen LogP contribution in [-0.2, 0) is 11.3 Å². The minimum atomic E-state index is -0.673. The molecular weight excluding hydrogens is 650 g/mol. The number of aliphatic hydroxyl groups is 1. The highest BCUT2D eigenvalue weighted by Gasteiger charge is 2.76. The van der Waals surface area contributed by atoms with Gasteiger partial charge in [0.25, 0.3) is 0 Å². The number of hydrogen-bond acceptors (Lipinski definition) is 6. The number of Topliss-reactive ketones (excluding diaryl/α,β-unsaturated/α-hetero) is 1. The number of ketones is 1. The van der Waals surface area contributed by atoms with Crippen molar-refractivity contribution in [2.24, 2.45) is 33.5 Å². The molecule has 7 aliphatic rings. The summed E-state index contributed by atoms with van der Waals surface area (Å²) in [5.41, 5.74) is 2.43. The molecule has 1 heterocycles. The SMILES string of the molecule is COc1ccc(CN2CC3(CCC4C56C=CC7(C=C5C(=O)c5ccccc5-c5ccccc5)CC(O)CCC7(C)C6CCC43C)OC2=O)c(OC)c1. The van der Waals surface area contributed by atoms with Crippen LogP contribution in [0.2, 0.25) is 0 Å². The summed E-state index contributed by atoms with van der Waals surface area (Å²) in [6.45, 7) is 5.66. The minimum Gasteiger partial charge on any atom is -0.497 e. The third kappa shape index (κ3) is 4.35. The van der Waals surface area contributed by atoms with E-state index in [1.54, 1.807) is 14.2 Å². The number of carbonyl (C=O) groups excluding carboxylic acids is 2. The third-order valence-corrected chi connectivity index (χ3v) is 15.0. The minimum absolute atomic E-state index is 0.0807. The van der Waals surface area contributed by atoms with Gasteiger partial charge in [-0.1, -0.05) is 86.7 Å². The van der Waals surface area contributed by atoms with Gasteiger partial charge in [-0.05, 0) is 85.5 Å². The second-order valence-corrected chi connectivity index (χ2v) is 16.9. The van der Waals surface area contributed by atoms with E-state index in [1.165, 1.54) is 0 Å². The monoisotopic (exact) mass is 699 g/mol. The van der Waals surface area contributed by atoms with Gasteiger partial charge in [0.1, 0.15) is 17.1 Å². The van der Waals surface area contributed by atoms with Crippen molar-refractivity contribution in [2.45, 2.75) is 77.0 Å². The van der Waals surface area contributed by atoms with E-state index in [4.69, 9.17) is 14.2 Å². The summed E-state index contributed by atoms with van der Waals surface area (Å²) in [6, 6.07) is 23.9. The second-order valence-electron chi connectivity index (χ2n) is 16.9. The Bertz CT molecular complexity index is 2020. The number of ether oxygens (including phenoxy) is 3. The zero-order valence-electron chi connectivity index (χ0n) is 30.7. The maximum atomic E-state index is 15.4. The predicted octanol–water partition coefficient (Wildman–Crippen LogP) is 8.80. The summed E-state index contributed by atoms with van der Waals surface area (Å²) in [5.74, 6) is 1.79. The topological polar surface area (TPSA) is 85.3 Å². The van der Waals surface area contributed by atoms with Crippen LogP contribution in [-0.4, -0.2) is 54.4 Å². The number of carbonyl (C=O) groups is 2. The molecule has 4 fully saturated rings. The van der Waals surface area contributed by atoms with Crippen LogP contribution in [0.25, 0.3) is 11.1 Å². The Morgan fingerprint density at radius 1 is 0.885 bits per heavy atom. The van der Waals surface area contributed by atoms with Crippen LogP contribution in [0, 0.1) is 33.5 Å². The van der Waals surface area contributed by atoms with Crippen LogP contribution >= 0.6 is 0 Å². The molecule has 7 heteroatoms. The lowest BCUT2D eigenvalue weighted by Gasteiger charge is -2.71. The molecule has 3 aromatic carbocycles. The van der Waals surface area contributed by atoms with Gasteiger partial charge in [-0.2, -0.15) is 0 Å². The molecule has 0 aromatic heterocycles. The lowest BCUT2D eigenvalue weighted by molar-refractivity contribution is -0.164. The fraction of sp³-hybridized carbons (Fsp3) is 0.467. The van der Waals surface area contributed by atoms with Crippen molar-refractivity contribution in [3.8, 4) is 22.6 Å². The van der Waals surface area contributed by atoms with E-state index in [-0.39, 0.29) is 40.0 Å². The number of nitrogens with zero attached hydrogens (tertiary/aromatic N) is 1. The third-order valence-electron chi connectivity index (χ3n) is 15.0. The van der Waals surface area contributed by atoms with E-state index in [9.17, 15) is 9.90 Å². The molecule has 1 N–H and O–H groups in total. The molecule has 2 bridgehead atoms. The number of aliphatic hydroxyl groups excluding tert-OH is 1. The van der Waals surface area contributed by atoms with Crippen molar-refractivity contribution in [1.82, 2.24) is 4.90 Å². The van der Waals surface area contributed by atoms with Crippen molar-refractivity contribution in [3.63, 3.8) is 0 Å². The van der Waals surface area contributed by atoms with Gasteiger partial charge in [-0.3, -0.25) is 9.69 Å². The highest BCUT2D eigenvalue weighted by molar-refractivity contribution is 6.14. The van der Waals surface area contributed by atoms with Gasteiger partial charge in [-0.25, -0.2) is 4.79 Å². The number of methoxy groups -OCH3 is 2. The molecule has 3 saturated carbocycles.